The molecule has 0 radical (unpaired) electrons. The molecule has 0 bridgehead atoms. The number of aryl methyl sites for hydroxylation is 1. The van der Waals surface area contributed by atoms with E-state index in [1.165, 1.54) is 50.0 Å². The highest BCUT2D eigenvalue weighted by atomic mass is 19.1. The normalized spacial score (nSPS) is 18.1. The van der Waals surface area contributed by atoms with Gasteiger partial charge in [0, 0.05) is 6.54 Å². The molecule has 0 amide bonds. The van der Waals surface area contributed by atoms with Gasteiger partial charge in [-0.2, -0.15) is 0 Å². The van der Waals surface area contributed by atoms with Crippen LogP contribution in [0.15, 0.2) is 54.6 Å². The lowest BCUT2D eigenvalue weighted by Gasteiger charge is -2.23. The van der Waals surface area contributed by atoms with E-state index in [1.54, 1.807) is 0 Å². The fraction of sp³-hybridized carbons (Fsp3) is 0.529. The maximum absolute atomic E-state index is 15.4. The van der Waals surface area contributed by atoms with Crippen molar-refractivity contribution in [3.8, 4) is 0 Å². The number of halogens is 1. The first kappa shape index (κ1) is 28.4. The average molecular weight is 490 g/mol. The molecular weight excluding hydrogens is 441 g/mol. The Balaban J connectivity index is 0.000000303. The Hall–Kier alpha value is -2.19. The van der Waals surface area contributed by atoms with Crippen LogP contribution < -0.4 is 0 Å². The van der Waals surface area contributed by atoms with Crippen LogP contribution in [-0.2, 0) is 12.8 Å². The number of nitrogens with zero attached hydrogens (tertiary/aromatic N) is 1. The lowest BCUT2D eigenvalue weighted by Crippen LogP contribution is -2.21. The van der Waals surface area contributed by atoms with Gasteiger partial charge in [0.15, 0.2) is 0 Å². The molecular formula is C34H48FN. The Morgan fingerprint density at radius 3 is 2.44 bits per heavy atom. The SMILES string of the molecule is C=C(Cc1ccc2c(c1F)CCCC=C2c1ccc(C)cc1)C(C)(C)C.CCCCN1CCC(C)C1. The molecule has 1 atom stereocenters. The number of allylic oxidation sites excluding steroid dienone is 2. The molecule has 1 heterocycles. The molecule has 0 saturated carbocycles. The monoisotopic (exact) mass is 489 g/mol. The number of hydrogen-bond acceptors (Lipinski definition) is 1. The van der Waals surface area contributed by atoms with E-state index in [4.69, 9.17) is 0 Å². The first-order chi connectivity index (χ1) is 17.1. The highest BCUT2D eigenvalue weighted by Gasteiger charge is 2.22. The molecule has 2 aromatic rings. The van der Waals surface area contributed by atoms with E-state index in [0.717, 1.165) is 53.0 Å². The van der Waals surface area contributed by atoms with Crippen LogP contribution in [0.2, 0.25) is 0 Å². The minimum absolute atomic E-state index is 0.00774. The van der Waals surface area contributed by atoms with E-state index < -0.39 is 0 Å². The molecule has 1 aliphatic heterocycles. The summed E-state index contributed by atoms with van der Waals surface area (Å²) in [7, 11) is 0. The van der Waals surface area contributed by atoms with Crippen LogP contribution >= 0.6 is 0 Å². The van der Waals surface area contributed by atoms with Crippen LogP contribution in [0.3, 0.4) is 0 Å². The average Bonchev–Trinajstić information content (AvgIpc) is 3.13. The summed E-state index contributed by atoms with van der Waals surface area (Å²) in [5.41, 5.74) is 7.33. The van der Waals surface area contributed by atoms with Crippen molar-refractivity contribution in [2.75, 3.05) is 19.6 Å². The Kier molecular flexibility index (Phi) is 10.1. The van der Waals surface area contributed by atoms with Crippen molar-refractivity contribution in [1.29, 1.82) is 0 Å². The Labute approximate surface area is 220 Å². The lowest BCUT2D eigenvalue weighted by atomic mass is 9.82. The molecule has 1 fully saturated rings. The van der Waals surface area contributed by atoms with Gasteiger partial charge in [-0.15, -0.1) is 0 Å². The maximum Gasteiger partial charge on any atom is 0.130 e. The summed E-state index contributed by atoms with van der Waals surface area (Å²) >= 11 is 0. The summed E-state index contributed by atoms with van der Waals surface area (Å²) in [6.45, 7) is 21.3. The van der Waals surface area contributed by atoms with Crippen LogP contribution in [0.5, 0.6) is 0 Å². The zero-order chi connectivity index (χ0) is 26.3. The zero-order valence-electron chi connectivity index (χ0n) is 23.7. The van der Waals surface area contributed by atoms with Gasteiger partial charge in [-0.3, -0.25) is 0 Å². The quantitative estimate of drug-likeness (QED) is 0.366. The number of benzene rings is 2. The van der Waals surface area contributed by atoms with Crippen molar-refractivity contribution in [1.82, 2.24) is 4.90 Å². The predicted molar refractivity (Wildman–Crippen MR) is 155 cm³/mol. The predicted octanol–water partition coefficient (Wildman–Crippen LogP) is 9.18. The van der Waals surface area contributed by atoms with Gasteiger partial charge in [-0.05, 0) is 97.7 Å². The Morgan fingerprint density at radius 1 is 1.11 bits per heavy atom. The summed E-state index contributed by atoms with van der Waals surface area (Å²) in [6, 6.07) is 12.6. The molecule has 196 valence electrons. The highest BCUT2D eigenvalue weighted by molar-refractivity contribution is 5.82. The van der Waals surface area contributed by atoms with E-state index in [0.29, 0.717) is 6.42 Å². The van der Waals surface area contributed by atoms with Crippen LogP contribution in [-0.4, -0.2) is 24.5 Å². The fourth-order valence-corrected chi connectivity index (χ4v) is 5.05. The zero-order valence-corrected chi connectivity index (χ0v) is 23.7. The van der Waals surface area contributed by atoms with Crippen molar-refractivity contribution in [2.24, 2.45) is 11.3 Å². The molecule has 2 aromatic carbocycles. The van der Waals surface area contributed by atoms with Gasteiger partial charge in [0.05, 0.1) is 0 Å². The molecule has 1 nitrogen and oxygen atoms in total. The number of rotatable bonds is 6. The summed E-state index contributed by atoms with van der Waals surface area (Å²) in [5, 5.41) is 0. The van der Waals surface area contributed by atoms with Gasteiger partial charge in [0.1, 0.15) is 5.82 Å². The second kappa shape index (κ2) is 12.9. The second-order valence-electron chi connectivity index (χ2n) is 12.0. The summed E-state index contributed by atoms with van der Waals surface area (Å²) in [6.07, 6.45) is 9.78. The van der Waals surface area contributed by atoms with Gasteiger partial charge in [-0.25, -0.2) is 4.39 Å². The van der Waals surface area contributed by atoms with Crippen molar-refractivity contribution in [3.05, 3.63) is 88.3 Å². The molecule has 2 aliphatic rings. The lowest BCUT2D eigenvalue weighted by molar-refractivity contribution is 0.322. The first-order valence-electron chi connectivity index (χ1n) is 14.1. The van der Waals surface area contributed by atoms with Gasteiger partial charge < -0.3 is 4.90 Å². The van der Waals surface area contributed by atoms with Crippen LogP contribution in [0, 0.1) is 24.1 Å². The number of likely N-dealkylation sites (tertiary alicyclic amines) is 1. The van der Waals surface area contributed by atoms with Crippen LogP contribution in [0.4, 0.5) is 4.39 Å². The molecule has 36 heavy (non-hydrogen) atoms. The summed E-state index contributed by atoms with van der Waals surface area (Å²) < 4.78 is 15.4. The minimum atomic E-state index is -0.0344. The largest absolute Gasteiger partial charge is 0.303 e. The standard InChI is InChI=1S/C25H29F.C9H19N/c1-17-10-12-19(13-11-17)21-8-6-7-9-23-22(21)15-14-20(24(23)26)16-18(2)25(3,4)5;1-3-4-6-10-7-5-9(2)8-10/h8,10-15H,2,6-7,9,16H2,1,3-5H3;9H,3-8H2,1-2H3. The third kappa shape index (κ3) is 7.65. The van der Waals surface area contributed by atoms with Crippen molar-refractivity contribution >= 4 is 5.57 Å². The van der Waals surface area contributed by atoms with Crippen LogP contribution in [0.25, 0.3) is 5.57 Å². The number of fused-ring (bicyclic) bond motifs is 1. The topological polar surface area (TPSA) is 3.24 Å². The smallest absolute Gasteiger partial charge is 0.130 e. The van der Waals surface area contributed by atoms with Gasteiger partial charge >= 0.3 is 0 Å². The summed E-state index contributed by atoms with van der Waals surface area (Å²) in [5.74, 6) is 0.921. The molecule has 4 rings (SSSR count). The van der Waals surface area contributed by atoms with Gasteiger partial charge in [-0.1, -0.05) is 101 Å². The summed E-state index contributed by atoms with van der Waals surface area (Å²) in [4.78, 5) is 2.59. The van der Waals surface area contributed by atoms with Crippen molar-refractivity contribution in [2.45, 2.75) is 86.5 Å². The second-order valence-corrected chi connectivity index (χ2v) is 12.0. The molecule has 2 heteroatoms. The fourth-order valence-electron chi connectivity index (χ4n) is 5.05. The third-order valence-corrected chi connectivity index (χ3v) is 7.76. The van der Waals surface area contributed by atoms with E-state index in [2.05, 4.69) is 89.4 Å². The van der Waals surface area contributed by atoms with Gasteiger partial charge in [0.2, 0.25) is 0 Å². The van der Waals surface area contributed by atoms with E-state index in [9.17, 15) is 0 Å². The Morgan fingerprint density at radius 2 is 1.83 bits per heavy atom. The molecule has 1 aliphatic carbocycles. The third-order valence-electron chi connectivity index (χ3n) is 7.76. The van der Waals surface area contributed by atoms with Crippen LogP contribution in [0.1, 0.15) is 94.5 Å². The molecule has 0 N–H and O–H groups in total. The van der Waals surface area contributed by atoms with Gasteiger partial charge in [0.25, 0.3) is 0 Å². The highest BCUT2D eigenvalue weighted by Crippen LogP contribution is 2.35. The Bertz CT molecular complexity index is 1040. The van der Waals surface area contributed by atoms with E-state index in [-0.39, 0.29) is 11.2 Å². The molecule has 1 saturated heterocycles. The van der Waals surface area contributed by atoms with E-state index in [1.807, 2.05) is 6.07 Å². The molecule has 0 aromatic heterocycles. The maximum atomic E-state index is 15.4. The minimum Gasteiger partial charge on any atom is -0.303 e. The molecule has 0 spiro atoms. The number of hydrogen-bond donors (Lipinski definition) is 0. The number of unbranched alkanes of at least 4 members (excludes halogenated alkanes) is 1. The van der Waals surface area contributed by atoms with Crippen molar-refractivity contribution < 1.29 is 4.39 Å². The van der Waals surface area contributed by atoms with Crippen molar-refractivity contribution in [3.63, 3.8) is 0 Å². The van der Waals surface area contributed by atoms with E-state index >= 15 is 4.39 Å². The molecule has 1 unspecified atom stereocenters. The first-order valence-corrected chi connectivity index (χ1v) is 14.1.